The van der Waals surface area contributed by atoms with Crippen molar-refractivity contribution in [3.8, 4) is 0 Å². The quantitative estimate of drug-likeness (QED) is 0.856. The van der Waals surface area contributed by atoms with Crippen LogP contribution in [0.1, 0.15) is 48.4 Å². The number of nitrogens with zero attached hydrogens (tertiary/aromatic N) is 2. The van der Waals surface area contributed by atoms with Crippen molar-refractivity contribution in [3.05, 3.63) is 52.0 Å². The molecule has 4 rings (SSSR count). The van der Waals surface area contributed by atoms with Crippen LogP contribution in [-0.2, 0) is 22.4 Å². The molecule has 2 fully saturated rings. The van der Waals surface area contributed by atoms with Gasteiger partial charge in [0.1, 0.15) is 6.04 Å². The number of amides is 1. The first-order valence-corrected chi connectivity index (χ1v) is 10.5. The van der Waals surface area contributed by atoms with Crippen molar-refractivity contribution < 1.29 is 14.7 Å². The van der Waals surface area contributed by atoms with Gasteiger partial charge in [-0.2, -0.15) is 0 Å². The van der Waals surface area contributed by atoms with E-state index in [1.54, 1.807) is 16.2 Å². The standard InChI is InChI=1S/C21H24N2O3S/c24-20(23-17-9-5-4-8-15(17)11-18(23)21(25)26)12-16-13-27-19(22-16)10-14-6-2-1-3-7-14/h1-3,6-7,13,15,17-18H,4-5,8-12H2,(H,25,26). The summed E-state index contributed by atoms with van der Waals surface area (Å²) in [5.41, 5.74) is 1.94. The van der Waals surface area contributed by atoms with Gasteiger partial charge in [0.15, 0.2) is 0 Å². The topological polar surface area (TPSA) is 70.5 Å². The highest BCUT2D eigenvalue weighted by molar-refractivity contribution is 7.09. The molecule has 27 heavy (non-hydrogen) atoms. The third kappa shape index (κ3) is 3.90. The molecular weight excluding hydrogens is 360 g/mol. The maximum Gasteiger partial charge on any atom is 0.326 e. The molecule has 2 aromatic rings. The van der Waals surface area contributed by atoms with E-state index in [4.69, 9.17) is 0 Å². The minimum Gasteiger partial charge on any atom is -0.480 e. The number of hydrogen-bond acceptors (Lipinski definition) is 4. The molecule has 1 N–H and O–H groups in total. The molecule has 3 atom stereocenters. The van der Waals surface area contributed by atoms with E-state index in [0.717, 1.165) is 42.8 Å². The van der Waals surface area contributed by atoms with Crippen LogP contribution >= 0.6 is 11.3 Å². The number of likely N-dealkylation sites (tertiary alicyclic amines) is 1. The SMILES string of the molecule is O=C(O)C1CC2CCCCC2N1C(=O)Cc1csc(Cc2ccccc2)n1. The summed E-state index contributed by atoms with van der Waals surface area (Å²) in [6.45, 7) is 0. The molecule has 1 aliphatic heterocycles. The zero-order valence-electron chi connectivity index (χ0n) is 15.2. The predicted octanol–water partition coefficient (Wildman–Crippen LogP) is 3.52. The van der Waals surface area contributed by atoms with Crippen molar-refractivity contribution in [2.75, 3.05) is 0 Å². The number of carboxylic acids is 1. The van der Waals surface area contributed by atoms with Crippen molar-refractivity contribution in [1.82, 2.24) is 9.88 Å². The predicted molar refractivity (Wildman–Crippen MR) is 104 cm³/mol. The average molecular weight is 385 g/mol. The highest BCUT2D eigenvalue weighted by Crippen LogP contribution is 2.40. The van der Waals surface area contributed by atoms with Crippen molar-refractivity contribution in [2.24, 2.45) is 5.92 Å². The van der Waals surface area contributed by atoms with E-state index in [1.807, 2.05) is 23.6 Å². The van der Waals surface area contributed by atoms with Crippen LogP contribution in [0.5, 0.6) is 0 Å². The minimum absolute atomic E-state index is 0.0895. The first-order chi connectivity index (χ1) is 13.1. The number of hydrogen-bond donors (Lipinski definition) is 1. The van der Waals surface area contributed by atoms with Crippen LogP contribution in [-0.4, -0.2) is 39.0 Å². The van der Waals surface area contributed by atoms with Crippen LogP contribution < -0.4 is 0 Å². The number of carbonyl (C=O) groups excluding carboxylic acids is 1. The molecule has 2 aliphatic rings. The normalized spacial score (nSPS) is 24.6. The van der Waals surface area contributed by atoms with Gasteiger partial charge < -0.3 is 10.0 Å². The summed E-state index contributed by atoms with van der Waals surface area (Å²) in [5, 5.41) is 12.5. The molecule has 6 heteroatoms. The first kappa shape index (κ1) is 18.2. The van der Waals surface area contributed by atoms with Crippen LogP contribution in [0.2, 0.25) is 0 Å². The van der Waals surface area contributed by atoms with E-state index in [9.17, 15) is 14.7 Å². The Kier molecular flexibility index (Phi) is 5.25. The fraction of sp³-hybridized carbons (Fsp3) is 0.476. The molecule has 1 aliphatic carbocycles. The maximum absolute atomic E-state index is 13.0. The fourth-order valence-electron chi connectivity index (χ4n) is 4.57. The molecule has 1 saturated carbocycles. The molecule has 0 radical (unpaired) electrons. The van der Waals surface area contributed by atoms with Crippen molar-refractivity contribution in [3.63, 3.8) is 0 Å². The van der Waals surface area contributed by atoms with Gasteiger partial charge in [0.05, 0.1) is 17.1 Å². The highest BCUT2D eigenvalue weighted by atomic mass is 32.1. The van der Waals surface area contributed by atoms with Gasteiger partial charge in [0.2, 0.25) is 5.91 Å². The smallest absolute Gasteiger partial charge is 0.326 e. The van der Waals surface area contributed by atoms with Crippen molar-refractivity contribution >= 4 is 23.2 Å². The largest absolute Gasteiger partial charge is 0.480 e. The fourth-order valence-corrected chi connectivity index (χ4v) is 5.40. The van der Waals surface area contributed by atoms with Gasteiger partial charge in [0, 0.05) is 17.8 Å². The lowest BCUT2D eigenvalue weighted by Crippen LogP contribution is -2.46. The average Bonchev–Trinajstić information content (AvgIpc) is 3.26. The minimum atomic E-state index is -0.874. The summed E-state index contributed by atoms with van der Waals surface area (Å²) in [6, 6.07) is 9.56. The molecule has 2 heterocycles. The Hall–Kier alpha value is -2.21. The molecule has 1 aromatic heterocycles. The van der Waals surface area contributed by atoms with E-state index in [-0.39, 0.29) is 18.4 Å². The molecule has 142 valence electrons. The van der Waals surface area contributed by atoms with Crippen LogP contribution in [0.3, 0.4) is 0 Å². The van der Waals surface area contributed by atoms with Gasteiger partial charge in [-0.15, -0.1) is 11.3 Å². The Morgan fingerprint density at radius 2 is 1.96 bits per heavy atom. The molecule has 1 amide bonds. The molecule has 3 unspecified atom stereocenters. The van der Waals surface area contributed by atoms with Crippen LogP contribution in [0, 0.1) is 5.92 Å². The van der Waals surface area contributed by atoms with E-state index in [0.29, 0.717) is 12.3 Å². The zero-order chi connectivity index (χ0) is 18.8. The number of aliphatic carboxylic acids is 1. The Labute approximate surface area is 163 Å². The number of aromatic nitrogens is 1. The third-order valence-electron chi connectivity index (χ3n) is 5.79. The zero-order valence-corrected chi connectivity index (χ0v) is 16.0. The summed E-state index contributed by atoms with van der Waals surface area (Å²) in [6.07, 6.45) is 5.73. The second-order valence-corrected chi connectivity index (χ2v) is 8.52. The number of fused-ring (bicyclic) bond motifs is 1. The highest BCUT2D eigenvalue weighted by Gasteiger charge is 2.47. The Morgan fingerprint density at radius 3 is 2.74 bits per heavy atom. The summed E-state index contributed by atoms with van der Waals surface area (Å²) >= 11 is 1.56. The van der Waals surface area contributed by atoms with E-state index in [2.05, 4.69) is 17.1 Å². The summed E-state index contributed by atoms with van der Waals surface area (Å²) < 4.78 is 0. The molecular formula is C21H24N2O3S. The van der Waals surface area contributed by atoms with Gasteiger partial charge in [-0.3, -0.25) is 4.79 Å². The monoisotopic (exact) mass is 384 g/mol. The van der Waals surface area contributed by atoms with E-state index < -0.39 is 12.0 Å². The summed E-state index contributed by atoms with van der Waals surface area (Å²) in [7, 11) is 0. The number of carbonyl (C=O) groups is 2. The Morgan fingerprint density at radius 1 is 1.19 bits per heavy atom. The van der Waals surface area contributed by atoms with Crippen molar-refractivity contribution in [2.45, 2.75) is 57.0 Å². The number of carboxylic acid groups (broad SMARTS) is 1. The summed E-state index contributed by atoms with van der Waals surface area (Å²) in [5.74, 6) is -0.623. The first-order valence-electron chi connectivity index (χ1n) is 9.63. The van der Waals surface area contributed by atoms with E-state index in [1.165, 1.54) is 5.56 Å². The molecule has 0 bridgehead atoms. The molecule has 0 spiro atoms. The maximum atomic E-state index is 13.0. The van der Waals surface area contributed by atoms with Crippen LogP contribution in [0.4, 0.5) is 0 Å². The Bertz CT molecular complexity index is 820. The van der Waals surface area contributed by atoms with Crippen molar-refractivity contribution in [1.29, 1.82) is 0 Å². The van der Waals surface area contributed by atoms with Crippen LogP contribution in [0.25, 0.3) is 0 Å². The lowest BCUT2D eigenvalue weighted by atomic mass is 9.84. The Balaban J connectivity index is 1.45. The second kappa shape index (κ2) is 7.80. The van der Waals surface area contributed by atoms with Gasteiger partial charge in [0.25, 0.3) is 0 Å². The van der Waals surface area contributed by atoms with Gasteiger partial charge in [-0.1, -0.05) is 43.2 Å². The van der Waals surface area contributed by atoms with Gasteiger partial charge in [-0.05, 0) is 30.7 Å². The van der Waals surface area contributed by atoms with Gasteiger partial charge >= 0.3 is 5.97 Å². The van der Waals surface area contributed by atoms with Crippen LogP contribution in [0.15, 0.2) is 35.7 Å². The van der Waals surface area contributed by atoms with Gasteiger partial charge in [-0.25, -0.2) is 9.78 Å². The number of thiazole rings is 1. The number of rotatable bonds is 5. The molecule has 1 saturated heterocycles. The molecule has 5 nitrogen and oxygen atoms in total. The molecule has 1 aromatic carbocycles. The summed E-state index contributed by atoms with van der Waals surface area (Å²) in [4.78, 5) is 31.0. The lowest BCUT2D eigenvalue weighted by molar-refractivity contribution is -0.149. The second-order valence-electron chi connectivity index (χ2n) is 7.57. The lowest BCUT2D eigenvalue weighted by Gasteiger charge is -2.32. The number of benzene rings is 1. The third-order valence-corrected chi connectivity index (χ3v) is 6.69. The van der Waals surface area contributed by atoms with E-state index >= 15 is 0 Å².